The van der Waals surface area contributed by atoms with Crippen molar-refractivity contribution in [2.45, 2.75) is 13.1 Å². The molecular weight excluding hydrogens is 280 g/mol. The third-order valence-electron chi connectivity index (χ3n) is 1.88. The first kappa shape index (κ1) is 14.1. The Labute approximate surface area is 105 Å². The lowest BCUT2D eigenvalue weighted by molar-refractivity contribution is -0.138. The fourth-order valence-corrected chi connectivity index (χ4v) is 1.59. The van der Waals surface area contributed by atoms with Gasteiger partial charge in [-0.3, -0.25) is 0 Å². The summed E-state index contributed by atoms with van der Waals surface area (Å²) in [6, 6.07) is 1.68. The number of alkyl halides is 3. The first-order chi connectivity index (χ1) is 7.79. The average Bonchev–Trinajstić information content (AvgIpc) is 2.20. The summed E-state index contributed by atoms with van der Waals surface area (Å²) in [5.74, 6) is -1.15. The van der Waals surface area contributed by atoms with Gasteiger partial charge in [0.1, 0.15) is 0 Å². The number of carbonyl (C=O) groups is 1. The molecule has 1 rings (SSSR count). The van der Waals surface area contributed by atoms with Gasteiger partial charge in [0.15, 0.2) is 0 Å². The summed E-state index contributed by atoms with van der Waals surface area (Å²) in [6.07, 6.45) is -4.70. The van der Waals surface area contributed by atoms with Gasteiger partial charge in [0.2, 0.25) is 0 Å². The fourth-order valence-electron chi connectivity index (χ4n) is 1.19. The van der Waals surface area contributed by atoms with Crippen LogP contribution in [0.5, 0.6) is 0 Å². The Balaban J connectivity index is 3.42. The van der Waals surface area contributed by atoms with Crippen molar-refractivity contribution in [2.75, 3.05) is 6.61 Å². The molecule has 0 heterocycles. The van der Waals surface area contributed by atoms with Crippen LogP contribution in [0.1, 0.15) is 22.8 Å². The van der Waals surface area contributed by atoms with Crippen LogP contribution in [-0.4, -0.2) is 12.6 Å². The van der Waals surface area contributed by atoms with E-state index in [-0.39, 0.29) is 11.6 Å². The van der Waals surface area contributed by atoms with E-state index in [1.165, 1.54) is 6.92 Å². The standard InChI is InChI=1S/C10H7Cl2F3O2/c1-2-17-9(16)7-5(10(13,14)15)3-4-6(11)8(7)12/h3-4H,2H2,1H3. The van der Waals surface area contributed by atoms with Crippen LogP contribution in [0.2, 0.25) is 10.0 Å². The molecule has 0 aliphatic heterocycles. The maximum atomic E-state index is 12.7. The largest absolute Gasteiger partial charge is 0.462 e. The summed E-state index contributed by atoms with van der Waals surface area (Å²) in [5, 5.41) is -0.595. The zero-order valence-corrected chi connectivity index (χ0v) is 10.1. The van der Waals surface area contributed by atoms with Gasteiger partial charge in [0.25, 0.3) is 0 Å². The van der Waals surface area contributed by atoms with Crippen LogP contribution >= 0.6 is 23.2 Å². The molecule has 7 heteroatoms. The number of hydrogen-bond acceptors (Lipinski definition) is 2. The highest BCUT2D eigenvalue weighted by Crippen LogP contribution is 2.38. The number of ether oxygens (including phenoxy) is 1. The second-order valence-corrected chi connectivity index (χ2v) is 3.79. The lowest BCUT2D eigenvalue weighted by atomic mass is 10.1. The van der Waals surface area contributed by atoms with Crippen molar-refractivity contribution in [2.24, 2.45) is 0 Å². The van der Waals surface area contributed by atoms with Gasteiger partial charge in [0.05, 0.1) is 27.8 Å². The van der Waals surface area contributed by atoms with Crippen molar-refractivity contribution in [3.8, 4) is 0 Å². The van der Waals surface area contributed by atoms with Crippen molar-refractivity contribution in [1.29, 1.82) is 0 Å². The molecule has 94 valence electrons. The van der Waals surface area contributed by atoms with Crippen LogP contribution in [0, 0.1) is 0 Å². The Kier molecular flexibility index (Phi) is 4.27. The van der Waals surface area contributed by atoms with Crippen LogP contribution in [0.25, 0.3) is 0 Å². The summed E-state index contributed by atoms with van der Waals surface area (Å²) < 4.78 is 42.5. The van der Waals surface area contributed by atoms with E-state index < -0.39 is 28.3 Å². The van der Waals surface area contributed by atoms with Crippen LogP contribution < -0.4 is 0 Å². The molecule has 0 radical (unpaired) electrons. The van der Waals surface area contributed by atoms with Gasteiger partial charge in [-0.2, -0.15) is 13.2 Å². The zero-order valence-electron chi connectivity index (χ0n) is 8.57. The van der Waals surface area contributed by atoms with E-state index in [0.717, 1.165) is 6.07 Å². The van der Waals surface area contributed by atoms with Crippen molar-refractivity contribution in [1.82, 2.24) is 0 Å². The number of carbonyl (C=O) groups excluding carboxylic acids is 1. The van der Waals surface area contributed by atoms with E-state index in [9.17, 15) is 18.0 Å². The Morgan fingerprint density at radius 3 is 2.41 bits per heavy atom. The van der Waals surface area contributed by atoms with E-state index in [0.29, 0.717) is 6.07 Å². The number of halogens is 5. The Morgan fingerprint density at radius 1 is 1.35 bits per heavy atom. The van der Waals surface area contributed by atoms with Crippen molar-refractivity contribution < 1.29 is 22.7 Å². The molecule has 0 amide bonds. The lowest BCUT2D eigenvalue weighted by Gasteiger charge is -2.13. The Bertz CT molecular complexity index is 444. The Morgan fingerprint density at radius 2 is 1.94 bits per heavy atom. The molecule has 2 nitrogen and oxygen atoms in total. The molecule has 17 heavy (non-hydrogen) atoms. The number of benzene rings is 1. The van der Waals surface area contributed by atoms with Crippen molar-refractivity contribution in [3.63, 3.8) is 0 Å². The van der Waals surface area contributed by atoms with Gasteiger partial charge in [-0.25, -0.2) is 4.79 Å². The zero-order chi connectivity index (χ0) is 13.2. The molecular formula is C10H7Cl2F3O2. The monoisotopic (exact) mass is 286 g/mol. The molecule has 0 saturated carbocycles. The van der Waals surface area contributed by atoms with E-state index in [1.54, 1.807) is 0 Å². The van der Waals surface area contributed by atoms with Gasteiger partial charge in [0, 0.05) is 0 Å². The highest BCUT2D eigenvalue weighted by molar-refractivity contribution is 6.43. The number of rotatable bonds is 2. The summed E-state index contributed by atoms with van der Waals surface area (Å²) >= 11 is 11.2. The van der Waals surface area contributed by atoms with E-state index in [4.69, 9.17) is 23.2 Å². The van der Waals surface area contributed by atoms with Crippen LogP contribution in [0.3, 0.4) is 0 Å². The second-order valence-electron chi connectivity index (χ2n) is 3.00. The van der Waals surface area contributed by atoms with Gasteiger partial charge in [-0.1, -0.05) is 23.2 Å². The topological polar surface area (TPSA) is 26.3 Å². The maximum absolute atomic E-state index is 12.7. The lowest BCUT2D eigenvalue weighted by Crippen LogP contribution is -2.16. The van der Waals surface area contributed by atoms with Crippen LogP contribution in [-0.2, 0) is 10.9 Å². The Hall–Kier alpha value is -0.940. The molecule has 0 spiro atoms. The van der Waals surface area contributed by atoms with Crippen molar-refractivity contribution >= 4 is 29.2 Å². The SMILES string of the molecule is CCOC(=O)c1c(C(F)(F)F)ccc(Cl)c1Cl. The highest BCUT2D eigenvalue weighted by Gasteiger charge is 2.37. The smallest absolute Gasteiger partial charge is 0.417 e. The minimum Gasteiger partial charge on any atom is -0.462 e. The quantitative estimate of drug-likeness (QED) is 0.762. The van der Waals surface area contributed by atoms with Gasteiger partial charge in [-0.15, -0.1) is 0 Å². The number of hydrogen-bond donors (Lipinski definition) is 0. The first-order valence-electron chi connectivity index (χ1n) is 4.51. The van der Waals surface area contributed by atoms with E-state index in [1.807, 2.05) is 0 Å². The molecule has 0 N–H and O–H groups in total. The minimum absolute atomic E-state index is 0.0566. The summed E-state index contributed by atoms with van der Waals surface area (Å²) in [5.41, 5.74) is -1.92. The molecule has 0 aliphatic carbocycles. The average molecular weight is 287 g/mol. The predicted molar refractivity (Wildman–Crippen MR) is 57.4 cm³/mol. The molecule has 0 bridgehead atoms. The molecule has 0 unspecified atom stereocenters. The van der Waals surface area contributed by atoms with Crippen LogP contribution in [0.4, 0.5) is 13.2 Å². The summed E-state index contributed by atoms with van der Waals surface area (Å²) in [4.78, 5) is 11.4. The van der Waals surface area contributed by atoms with E-state index in [2.05, 4.69) is 4.74 Å². The molecule has 0 aromatic heterocycles. The molecule has 0 fully saturated rings. The summed E-state index contributed by atoms with van der Waals surface area (Å²) in [6.45, 7) is 1.42. The predicted octanol–water partition coefficient (Wildman–Crippen LogP) is 4.19. The first-order valence-corrected chi connectivity index (χ1v) is 5.27. The van der Waals surface area contributed by atoms with Gasteiger partial charge in [-0.05, 0) is 19.1 Å². The molecule has 1 aromatic rings. The highest BCUT2D eigenvalue weighted by atomic mass is 35.5. The minimum atomic E-state index is -4.70. The maximum Gasteiger partial charge on any atom is 0.417 e. The normalized spacial score (nSPS) is 11.4. The third-order valence-corrected chi connectivity index (χ3v) is 2.68. The van der Waals surface area contributed by atoms with E-state index >= 15 is 0 Å². The fraction of sp³-hybridized carbons (Fsp3) is 0.300. The molecule has 1 aromatic carbocycles. The summed E-state index contributed by atoms with van der Waals surface area (Å²) in [7, 11) is 0. The second kappa shape index (κ2) is 5.14. The van der Waals surface area contributed by atoms with Crippen molar-refractivity contribution in [3.05, 3.63) is 33.3 Å². The third kappa shape index (κ3) is 3.04. The molecule has 0 aliphatic rings. The number of esters is 1. The van der Waals surface area contributed by atoms with Crippen LogP contribution in [0.15, 0.2) is 12.1 Å². The van der Waals surface area contributed by atoms with Gasteiger partial charge >= 0.3 is 12.1 Å². The molecule has 0 atom stereocenters. The van der Waals surface area contributed by atoms with Gasteiger partial charge < -0.3 is 4.74 Å². The molecule has 0 saturated heterocycles.